The molecular weight excluding hydrogens is 330 g/mol. The topological polar surface area (TPSA) is 75.4 Å². The average molecular weight is 348 g/mol. The molecule has 1 aliphatic heterocycles. The van der Waals surface area contributed by atoms with Gasteiger partial charge < -0.3 is 5.73 Å². The molecule has 1 atom stereocenters. The van der Waals surface area contributed by atoms with Gasteiger partial charge in [0, 0.05) is 22.7 Å². The first-order valence-electron chi connectivity index (χ1n) is 6.25. The van der Waals surface area contributed by atoms with Crippen molar-refractivity contribution in [3.05, 3.63) is 22.7 Å². The maximum atomic E-state index is 12.4. The van der Waals surface area contributed by atoms with Crippen LogP contribution in [0.4, 0.5) is 11.4 Å². The fourth-order valence-electron chi connectivity index (χ4n) is 2.25. The average Bonchev–Trinajstić information content (AvgIpc) is 2.34. The zero-order valence-electron chi connectivity index (χ0n) is 10.8. The Balaban J connectivity index is 2.23. The number of nitrogens with zero attached hydrogens (tertiary/aromatic N) is 1. The van der Waals surface area contributed by atoms with Crippen molar-refractivity contribution >= 4 is 37.5 Å². The Kier molecular flexibility index (Phi) is 4.37. The Morgan fingerprint density at radius 2 is 2.16 bits per heavy atom. The second kappa shape index (κ2) is 5.68. The summed E-state index contributed by atoms with van der Waals surface area (Å²) in [5.41, 5.74) is 6.67. The van der Waals surface area contributed by atoms with Gasteiger partial charge in [-0.25, -0.2) is 0 Å². The molecule has 1 fully saturated rings. The van der Waals surface area contributed by atoms with Gasteiger partial charge in [0.05, 0.1) is 5.69 Å². The SMILES string of the molecule is CC1CCCCN1S(=O)(=O)Nc1cc(N)ccc1Br. The smallest absolute Gasteiger partial charge is 0.301 e. The number of nitrogens with one attached hydrogen (secondary N) is 1. The number of hydrogen-bond acceptors (Lipinski definition) is 3. The summed E-state index contributed by atoms with van der Waals surface area (Å²) >= 11 is 3.32. The molecule has 0 amide bonds. The Morgan fingerprint density at radius 1 is 1.42 bits per heavy atom. The summed E-state index contributed by atoms with van der Waals surface area (Å²) in [7, 11) is -3.53. The molecule has 0 aliphatic carbocycles. The lowest BCUT2D eigenvalue weighted by Gasteiger charge is -2.32. The molecule has 0 spiro atoms. The highest BCUT2D eigenvalue weighted by molar-refractivity contribution is 9.10. The lowest BCUT2D eigenvalue weighted by molar-refractivity contribution is 0.270. The van der Waals surface area contributed by atoms with Crippen LogP contribution >= 0.6 is 15.9 Å². The van der Waals surface area contributed by atoms with Crippen LogP contribution in [0.5, 0.6) is 0 Å². The molecule has 1 heterocycles. The summed E-state index contributed by atoms with van der Waals surface area (Å²) in [5.74, 6) is 0. The van der Waals surface area contributed by atoms with E-state index in [2.05, 4.69) is 20.7 Å². The fourth-order valence-corrected chi connectivity index (χ4v) is 4.24. The largest absolute Gasteiger partial charge is 0.399 e. The third-order valence-electron chi connectivity index (χ3n) is 3.28. The summed E-state index contributed by atoms with van der Waals surface area (Å²) in [6, 6.07) is 5.08. The van der Waals surface area contributed by atoms with Gasteiger partial charge in [-0.15, -0.1) is 0 Å². The summed E-state index contributed by atoms with van der Waals surface area (Å²) in [4.78, 5) is 0. The summed E-state index contributed by atoms with van der Waals surface area (Å²) in [6.45, 7) is 2.50. The summed E-state index contributed by atoms with van der Waals surface area (Å²) < 4.78 is 29.6. The van der Waals surface area contributed by atoms with Crippen molar-refractivity contribution in [3.8, 4) is 0 Å². The van der Waals surface area contributed by atoms with Gasteiger partial charge in [-0.05, 0) is 53.9 Å². The monoisotopic (exact) mass is 347 g/mol. The molecule has 1 saturated heterocycles. The molecule has 0 saturated carbocycles. The van der Waals surface area contributed by atoms with Crippen molar-refractivity contribution < 1.29 is 8.42 Å². The van der Waals surface area contributed by atoms with Gasteiger partial charge in [0.1, 0.15) is 0 Å². The van der Waals surface area contributed by atoms with Crippen molar-refractivity contribution in [3.63, 3.8) is 0 Å². The van der Waals surface area contributed by atoms with Gasteiger partial charge in [-0.2, -0.15) is 12.7 Å². The highest BCUT2D eigenvalue weighted by atomic mass is 79.9. The van der Waals surface area contributed by atoms with Crippen LogP contribution in [0.15, 0.2) is 22.7 Å². The molecule has 2 rings (SSSR count). The Morgan fingerprint density at radius 3 is 2.84 bits per heavy atom. The summed E-state index contributed by atoms with van der Waals surface area (Å²) in [6.07, 6.45) is 2.89. The molecule has 7 heteroatoms. The first kappa shape index (κ1) is 14.6. The van der Waals surface area contributed by atoms with Crippen LogP contribution in [0.25, 0.3) is 0 Å². The van der Waals surface area contributed by atoms with E-state index in [1.54, 1.807) is 18.2 Å². The van der Waals surface area contributed by atoms with Crippen LogP contribution in [-0.2, 0) is 10.2 Å². The number of nitrogens with two attached hydrogens (primary N) is 1. The number of benzene rings is 1. The maximum absolute atomic E-state index is 12.4. The first-order chi connectivity index (χ1) is 8.90. The van der Waals surface area contributed by atoms with Crippen LogP contribution < -0.4 is 10.5 Å². The van der Waals surface area contributed by atoms with E-state index in [4.69, 9.17) is 5.73 Å². The molecule has 0 bridgehead atoms. The molecule has 106 valence electrons. The second-order valence-electron chi connectivity index (χ2n) is 4.80. The van der Waals surface area contributed by atoms with Gasteiger partial charge in [0.25, 0.3) is 0 Å². The van der Waals surface area contributed by atoms with Crippen molar-refractivity contribution in [2.45, 2.75) is 32.2 Å². The van der Waals surface area contributed by atoms with E-state index in [0.717, 1.165) is 19.3 Å². The number of piperidine rings is 1. The van der Waals surface area contributed by atoms with Crippen LogP contribution in [0, 0.1) is 0 Å². The molecule has 0 radical (unpaired) electrons. The Labute approximate surface area is 122 Å². The first-order valence-corrected chi connectivity index (χ1v) is 8.48. The van der Waals surface area contributed by atoms with Gasteiger partial charge >= 0.3 is 10.2 Å². The minimum Gasteiger partial charge on any atom is -0.399 e. The quantitative estimate of drug-likeness (QED) is 0.825. The lowest BCUT2D eigenvalue weighted by Crippen LogP contribution is -2.44. The number of nitrogen functional groups attached to an aromatic ring is 1. The van der Waals surface area contributed by atoms with Gasteiger partial charge in [-0.1, -0.05) is 6.42 Å². The van der Waals surface area contributed by atoms with E-state index in [0.29, 0.717) is 22.4 Å². The number of hydrogen-bond donors (Lipinski definition) is 2. The maximum Gasteiger partial charge on any atom is 0.301 e. The number of rotatable bonds is 3. The number of anilines is 2. The number of halogens is 1. The molecule has 19 heavy (non-hydrogen) atoms. The van der Waals surface area contributed by atoms with E-state index in [-0.39, 0.29) is 6.04 Å². The van der Waals surface area contributed by atoms with Gasteiger partial charge in [0.15, 0.2) is 0 Å². The third-order valence-corrected chi connectivity index (χ3v) is 5.61. The normalized spacial score (nSPS) is 21.3. The van der Waals surface area contributed by atoms with E-state index in [9.17, 15) is 8.42 Å². The van der Waals surface area contributed by atoms with Gasteiger partial charge in [0.2, 0.25) is 0 Å². The predicted octanol–water partition coefficient (Wildman–Crippen LogP) is 2.56. The highest BCUT2D eigenvalue weighted by Gasteiger charge is 2.29. The van der Waals surface area contributed by atoms with Crippen molar-refractivity contribution in [2.24, 2.45) is 0 Å². The highest BCUT2D eigenvalue weighted by Crippen LogP contribution is 2.28. The third kappa shape index (κ3) is 3.40. The predicted molar refractivity (Wildman–Crippen MR) is 81.1 cm³/mol. The van der Waals surface area contributed by atoms with E-state index in [1.807, 2.05) is 6.92 Å². The molecule has 5 nitrogen and oxygen atoms in total. The van der Waals surface area contributed by atoms with Crippen LogP contribution in [0.1, 0.15) is 26.2 Å². The van der Waals surface area contributed by atoms with E-state index >= 15 is 0 Å². The van der Waals surface area contributed by atoms with Crippen molar-refractivity contribution in [2.75, 3.05) is 17.0 Å². The van der Waals surface area contributed by atoms with Gasteiger partial charge in [-0.3, -0.25) is 4.72 Å². The van der Waals surface area contributed by atoms with Crippen LogP contribution in [0.2, 0.25) is 0 Å². The standard InChI is InChI=1S/C12H18BrN3O2S/c1-9-4-2-3-7-16(9)19(17,18)15-12-8-10(14)5-6-11(12)13/h5-6,8-9,15H,2-4,7,14H2,1H3. The van der Waals surface area contributed by atoms with Crippen LogP contribution in [-0.4, -0.2) is 25.3 Å². The molecular formula is C12H18BrN3O2S. The summed E-state index contributed by atoms with van der Waals surface area (Å²) in [5, 5.41) is 0. The molecule has 1 unspecified atom stereocenters. The minimum atomic E-state index is -3.53. The fraction of sp³-hybridized carbons (Fsp3) is 0.500. The second-order valence-corrected chi connectivity index (χ2v) is 7.28. The Bertz CT molecular complexity index is 562. The zero-order chi connectivity index (χ0) is 14.0. The molecule has 1 aliphatic rings. The van der Waals surface area contributed by atoms with Crippen molar-refractivity contribution in [1.82, 2.24) is 4.31 Å². The van der Waals surface area contributed by atoms with E-state index in [1.165, 1.54) is 4.31 Å². The minimum absolute atomic E-state index is 0.0334. The molecule has 1 aromatic rings. The molecule has 3 N–H and O–H groups in total. The molecule has 1 aromatic carbocycles. The van der Waals surface area contributed by atoms with Crippen LogP contribution in [0.3, 0.4) is 0 Å². The van der Waals surface area contributed by atoms with E-state index < -0.39 is 10.2 Å². The Hall–Kier alpha value is -0.790. The van der Waals surface area contributed by atoms with Crippen molar-refractivity contribution in [1.29, 1.82) is 0 Å². The molecule has 0 aromatic heterocycles. The zero-order valence-corrected chi connectivity index (χ0v) is 13.2. The lowest BCUT2D eigenvalue weighted by atomic mass is 10.1.